The van der Waals surface area contributed by atoms with E-state index >= 15 is 0 Å². The first kappa shape index (κ1) is 36.5. The second kappa shape index (κ2) is 14.6. The van der Waals surface area contributed by atoms with Crippen LogP contribution in [0.5, 0.6) is 0 Å². The predicted molar refractivity (Wildman–Crippen MR) is 197 cm³/mol. The van der Waals surface area contributed by atoms with E-state index in [2.05, 4.69) is 56.3 Å². The fraction of sp³-hybridized carbons (Fsp3) is 0.538. The third kappa shape index (κ3) is 9.48. The number of aromatic nitrogens is 2. The van der Waals surface area contributed by atoms with Gasteiger partial charge in [-0.25, -0.2) is 9.78 Å². The van der Waals surface area contributed by atoms with E-state index in [0.717, 1.165) is 40.9 Å². The first-order valence-corrected chi connectivity index (χ1v) is 20.6. The molecular formula is C39H55N5O4Si. The molecule has 49 heavy (non-hydrogen) atoms. The van der Waals surface area contributed by atoms with Gasteiger partial charge >= 0.3 is 6.09 Å². The molecule has 1 aromatic carbocycles. The number of carbonyl (C=O) groups excluding carboxylic acids is 2. The molecule has 1 saturated carbocycles. The average Bonchev–Trinajstić information content (AvgIpc) is 3.72. The number of anilines is 1. The maximum Gasteiger partial charge on any atom is 0.410 e. The van der Waals surface area contributed by atoms with Gasteiger partial charge < -0.3 is 24.3 Å². The summed E-state index contributed by atoms with van der Waals surface area (Å²) in [5.41, 5.74) is 3.90. The highest BCUT2D eigenvalue weighted by Gasteiger charge is 2.41. The molecule has 2 atom stereocenters. The topological polar surface area (TPSA) is 96.9 Å². The number of nitrogens with one attached hydrogen (secondary N) is 1. The number of rotatable bonds is 11. The third-order valence-corrected chi connectivity index (χ3v) is 14.3. The number of amides is 2. The number of pyridine rings is 2. The van der Waals surface area contributed by atoms with Crippen LogP contribution in [0.3, 0.4) is 0 Å². The molecule has 2 amide bonds. The maximum absolute atomic E-state index is 14.0. The van der Waals surface area contributed by atoms with E-state index < -0.39 is 20.0 Å². The number of likely N-dealkylation sites (tertiary alicyclic amines) is 1. The van der Waals surface area contributed by atoms with Crippen LogP contribution in [0.4, 0.5) is 10.6 Å². The van der Waals surface area contributed by atoms with Crippen LogP contribution in [-0.2, 0) is 22.1 Å². The molecule has 10 heteroatoms. The lowest BCUT2D eigenvalue weighted by atomic mass is 9.91. The van der Waals surface area contributed by atoms with E-state index in [0.29, 0.717) is 31.1 Å². The van der Waals surface area contributed by atoms with Crippen molar-refractivity contribution in [1.29, 1.82) is 0 Å². The Balaban J connectivity index is 1.56. The minimum atomic E-state index is -2.34. The molecule has 264 valence electrons. The van der Waals surface area contributed by atoms with Gasteiger partial charge in [0.2, 0.25) is 0 Å². The summed E-state index contributed by atoms with van der Waals surface area (Å²) in [6.45, 7) is 18.0. The molecule has 3 heterocycles. The largest absolute Gasteiger partial charge is 0.444 e. The fourth-order valence-corrected chi connectivity index (χ4v) is 7.15. The molecule has 0 spiro atoms. The molecule has 1 saturated heterocycles. The maximum atomic E-state index is 14.0. The lowest BCUT2D eigenvalue weighted by molar-refractivity contribution is 0.0226. The highest BCUT2D eigenvalue weighted by atomic mass is 28.4. The summed E-state index contributed by atoms with van der Waals surface area (Å²) >= 11 is 0. The molecule has 2 unspecified atom stereocenters. The highest BCUT2D eigenvalue weighted by molar-refractivity contribution is 6.74. The van der Waals surface area contributed by atoms with Crippen LogP contribution < -0.4 is 5.32 Å². The van der Waals surface area contributed by atoms with E-state index in [4.69, 9.17) is 14.1 Å². The van der Waals surface area contributed by atoms with Gasteiger partial charge in [-0.05, 0) is 112 Å². The summed E-state index contributed by atoms with van der Waals surface area (Å²) in [6, 6.07) is 14.4. The van der Waals surface area contributed by atoms with Gasteiger partial charge in [-0.2, -0.15) is 0 Å². The third-order valence-electron chi connectivity index (χ3n) is 9.86. The second-order valence-corrected chi connectivity index (χ2v) is 21.0. The van der Waals surface area contributed by atoms with Crippen molar-refractivity contribution in [2.45, 2.75) is 122 Å². The molecule has 2 aromatic heterocycles. The zero-order valence-corrected chi connectivity index (χ0v) is 31.9. The molecule has 2 fully saturated rings. The zero-order chi connectivity index (χ0) is 35.6. The summed E-state index contributed by atoms with van der Waals surface area (Å²) in [4.78, 5) is 39.9. The summed E-state index contributed by atoms with van der Waals surface area (Å²) < 4.78 is 13.1. The second-order valence-electron chi connectivity index (χ2n) is 16.3. The van der Waals surface area contributed by atoms with Crippen molar-refractivity contribution < 1.29 is 18.8 Å². The lowest BCUT2D eigenvalue weighted by Crippen LogP contribution is -2.42. The van der Waals surface area contributed by atoms with Crippen molar-refractivity contribution in [3.05, 3.63) is 88.9 Å². The molecule has 0 bridgehead atoms. The molecular weight excluding hydrogens is 631 g/mol. The number of ether oxygens (including phenoxy) is 1. The minimum Gasteiger partial charge on any atom is -0.444 e. The zero-order valence-electron chi connectivity index (χ0n) is 30.9. The number of hydrogen-bond acceptors (Lipinski definition) is 7. The van der Waals surface area contributed by atoms with Crippen molar-refractivity contribution in [3.63, 3.8) is 0 Å². The summed E-state index contributed by atoms with van der Waals surface area (Å²) in [5, 5.41) is 3.44. The van der Waals surface area contributed by atoms with Crippen LogP contribution in [0.2, 0.25) is 18.1 Å². The minimum absolute atomic E-state index is 0.0276. The number of nitrogens with zero attached hydrogens (tertiary/aromatic N) is 4. The van der Waals surface area contributed by atoms with Crippen molar-refractivity contribution in [1.82, 2.24) is 19.8 Å². The Bertz CT molecular complexity index is 1600. The van der Waals surface area contributed by atoms with E-state index in [1.165, 1.54) is 12.8 Å². The van der Waals surface area contributed by atoms with Gasteiger partial charge in [0, 0.05) is 61.9 Å². The summed E-state index contributed by atoms with van der Waals surface area (Å²) in [7, 11) is -0.518. The molecule has 9 nitrogen and oxygen atoms in total. The average molecular weight is 686 g/mol. The van der Waals surface area contributed by atoms with Crippen molar-refractivity contribution in [2.24, 2.45) is 0 Å². The number of hydrogen-bond donors (Lipinski definition) is 1. The van der Waals surface area contributed by atoms with E-state index in [1.54, 1.807) is 17.3 Å². The lowest BCUT2D eigenvalue weighted by Gasteiger charge is -2.40. The summed E-state index contributed by atoms with van der Waals surface area (Å²) in [6.07, 6.45) is 9.46. The first-order valence-electron chi connectivity index (χ1n) is 17.7. The SMILES string of the molecule is CN(Cc1cccnc1)C(=O)c1ccc(CC2CCCN2C(=O)OC(C)(C)C)c(C(O[Si](C)(C)C(C)(C)C)c2ccc(NC3CC3)nc2)c1. The summed E-state index contributed by atoms with van der Waals surface area (Å²) in [5.74, 6) is 0.776. The highest BCUT2D eigenvalue weighted by Crippen LogP contribution is 2.43. The molecule has 0 radical (unpaired) electrons. The van der Waals surface area contributed by atoms with Crippen LogP contribution in [0, 0.1) is 0 Å². The number of benzene rings is 1. The van der Waals surface area contributed by atoms with E-state index in [9.17, 15) is 9.59 Å². The Morgan fingerprint density at radius 2 is 1.80 bits per heavy atom. The van der Waals surface area contributed by atoms with Crippen molar-refractivity contribution in [3.8, 4) is 0 Å². The predicted octanol–water partition coefficient (Wildman–Crippen LogP) is 8.38. The van der Waals surface area contributed by atoms with Crippen LogP contribution >= 0.6 is 0 Å². The van der Waals surface area contributed by atoms with Gasteiger partial charge in [0.25, 0.3) is 5.91 Å². The van der Waals surface area contributed by atoms with Gasteiger partial charge in [-0.1, -0.05) is 39.0 Å². The Kier molecular flexibility index (Phi) is 10.9. The Morgan fingerprint density at radius 1 is 1.04 bits per heavy atom. The molecule has 2 aliphatic rings. The fourth-order valence-electron chi connectivity index (χ4n) is 5.94. The molecule has 1 N–H and O–H groups in total. The number of carbonyl (C=O) groups is 2. The Morgan fingerprint density at radius 3 is 2.41 bits per heavy atom. The quantitative estimate of drug-likeness (QED) is 0.203. The van der Waals surface area contributed by atoms with Crippen LogP contribution in [0.1, 0.15) is 106 Å². The van der Waals surface area contributed by atoms with Gasteiger partial charge in [0.15, 0.2) is 8.32 Å². The molecule has 1 aliphatic heterocycles. The van der Waals surface area contributed by atoms with E-state index in [-0.39, 0.29) is 23.1 Å². The smallest absolute Gasteiger partial charge is 0.410 e. The normalized spacial score (nSPS) is 17.5. The first-order chi connectivity index (χ1) is 23.0. The molecule has 5 rings (SSSR count). The molecule has 1 aliphatic carbocycles. The monoisotopic (exact) mass is 685 g/mol. The van der Waals surface area contributed by atoms with Crippen molar-refractivity contribution >= 4 is 26.1 Å². The molecule has 3 aromatic rings. The van der Waals surface area contributed by atoms with Gasteiger partial charge in [0.05, 0.1) is 6.10 Å². The Labute approximate surface area is 293 Å². The van der Waals surface area contributed by atoms with Crippen LogP contribution in [0.15, 0.2) is 61.1 Å². The Hall–Kier alpha value is -3.76. The van der Waals surface area contributed by atoms with Crippen LogP contribution in [0.25, 0.3) is 0 Å². The van der Waals surface area contributed by atoms with Gasteiger partial charge in [-0.15, -0.1) is 0 Å². The van der Waals surface area contributed by atoms with Gasteiger partial charge in [-0.3, -0.25) is 9.78 Å². The standard InChI is InChI=1S/C39H55N5O4Si/c1-38(2,3)47-37(46)44-21-11-13-32(44)22-28-14-15-29(36(45)43(7)26-27-12-10-20-40-24-27)23-33(28)35(48-49(8,9)39(4,5)6)30-16-19-34(41-25-30)42-31-17-18-31/h10,12,14-16,19-20,23-25,31-32,35H,11,13,17-18,21-22,26H2,1-9H3,(H,41,42). The van der Waals surface area contributed by atoms with Crippen LogP contribution in [-0.4, -0.2) is 71.4 Å². The van der Waals surface area contributed by atoms with E-state index in [1.807, 2.05) is 69.2 Å². The van der Waals surface area contributed by atoms with Crippen molar-refractivity contribution in [2.75, 3.05) is 18.9 Å². The van der Waals surface area contributed by atoms with Gasteiger partial charge in [0.1, 0.15) is 11.4 Å².